The van der Waals surface area contributed by atoms with Gasteiger partial charge < -0.3 is 9.47 Å². The van der Waals surface area contributed by atoms with Crippen LogP contribution >= 0.6 is 0 Å². The second-order valence-electron chi connectivity index (χ2n) is 2.99. The molecule has 0 spiro atoms. The van der Waals surface area contributed by atoms with E-state index in [1.165, 1.54) is 26.0 Å². The third-order valence-corrected chi connectivity index (χ3v) is 2.07. The number of carbonyl (C=O) groups excluding carboxylic acids is 2. The molecule has 0 aromatic heterocycles. The van der Waals surface area contributed by atoms with Crippen molar-refractivity contribution in [2.24, 2.45) is 0 Å². The van der Waals surface area contributed by atoms with E-state index in [9.17, 15) is 18.4 Å². The van der Waals surface area contributed by atoms with Gasteiger partial charge in [-0.3, -0.25) is 0 Å². The van der Waals surface area contributed by atoms with Crippen molar-refractivity contribution in [2.75, 3.05) is 0 Å². The first-order valence-corrected chi connectivity index (χ1v) is 4.26. The summed E-state index contributed by atoms with van der Waals surface area (Å²) in [6, 6.07) is 2.41. The smallest absolute Gasteiger partial charge is 0.401 e. The van der Waals surface area contributed by atoms with Gasteiger partial charge in [-0.2, -0.15) is 0 Å². The maximum Gasteiger partial charge on any atom is 0.500 e. The van der Waals surface area contributed by atoms with Crippen LogP contribution in [0.1, 0.15) is 11.1 Å². The molecule has 0 unspecified atom stereocenters. The zero-order valence-corrected chi connectivity index (χ0v) is 8.54. The minimum atomic E-state index is -1.95. The monoisotopic (exact) mass is 230 g/mol. The molecule has 6 heteroatoms. The van der Waals surface area contributed by atoms with Crippen molar-refractivity contribution in [1.82, 2.24) is 0 Å². The Balaban J connectivity index is 3.07. The average molecular weight is 230 g/mol. The molecule has 0 saturated carbocycles. The molecule has 1 aromatic carbocycles. The molecule has 1 rings (SSSR count). The van der Waals surface area contributed by atoms with Gasteiger partial charge in [-0.15, -0.1) is 8.78 Å². The highest BCUT2D eigenvalue weighted by molar-refractivity contribution is 5.66. The van der Waals surface area contributed by atoms with E-state index in [2.05, 4.69) is 9.47 Å². The maximum atomic E-state index is 12.0. The van der Waals surface area contributed by atoms with Gasteiger partial charge in [0.15, 0.2) is 0 Å². The van der Waals surface area contributed by atoms with E-state index >= 15 is 0 Å². The van der Waals surface area contributed by atoms with Crippen molar-refractivity contribution in [3.8, 4) is 11.5 Å². The molecule has 0 fully saturated rings. The zero-order valence-electron chi connectivity index (χ0n) is 8.54. The summed E-state index contributed by atoms with van der Waals surface area (Å²) in [5, 5.41) is 0. The second kappa shape index (κ2) is 4.69. The van der Waals surface area contributed by atoms with E-state index in [-0.39, 0.29) is 11.5 Å². The second-order valence-corrected chi connectivity index (χ2v) is 2.99. The summed E-state index contributed by atoms with van der Waals surface area (Å²) >= 11 is 0. The summed E-state index contributed by atoms with van der Waals surface area (Å²) in [6.45, 7) is 3.03. The van der Waals surface area contributed by atoms with Crippen LogP contribution in [0.25, 0.3) is 0 Å². The van der Waals surface area contributed by atoms with Crippen LogP contribution < -0.4 is 9.47 Å². The molecule has 0 radical (unpaired) electrons. The lowest BCUT2D eigenvalue weighted by Gasteiger charge is -2.10. The Labute approximate surface area is 89.8 Å². The molecular weight excluding hydrogens is 222 g/mol. The van der Waals surface area contributed by atoms with Gasteiger partial charge in [0, 0.05) is 0 Å². The first-order valence-electron chi connectivity index (χ1n) is 4.26. The van der Waals surface area contributed by atoms with Gasteiger partial charge in [0.1, 0.15) is 11.5 Å². The molecule has 16 heavy (non-hydrogen) atoms. The topological polar surface area (TPSA) is 52.6 Å². The van der Waals surface area contributed by atoms with Crippen LogP contribution in [0.4, 0.5) is 18.4 Å². The molecule has 0 heterocycles. The number of rotatable bonds is 2. The maximum absolute atomic E-state index is 12.0. The molecule has 0 aliphatic heterocycles. The van der Waals surface area contributed by atoms with Crippen molar-refractivity contribution < 1.29 is 27.8 Å². The highest BCUT2D eigenvalue weighted by Crippen LogP contribution is 2.29. The van der Waals surface area contributed by atoms with E-state index < -0.39 is 12.4 Å². The molecule has 0 atom stereocenters. The van der Waals surface area contributed by atoms with Crippen LogP contribution in [0, 0.1) is 13.8 Å². The Morgan fingerprint density at radius 1 is 0.938 bits per heavy atom. The van der Waals surface area contributed by atoms with Gasteiger partial charge in [-0.1, -0.05) is 0 Å². The SMILES string of the molecule is Cc1c(OC(=O)F)ccc(OC(=O)F)c1C. The lowest BCUT2D eigenvalue weighted by Crippen LogP contribution is -2.03. The summed E-state index contributed by atoms with van der Waals surface area (Å²) in [5.41, 5.74) is 0.759. The van der Waals surface area contributed by atoms with Crippen LogP contribution in [-0.4, -0.2) is 12.4 Å². The molecule has 4 nitrogen and oxygen atoms in total. The Morgan fingerprint density at radius 2 is 1.25 bits per heavy atom. The van der Waals surface area contributed by atoms with E-state index in [4.69, 9.17) is 0 Å². The van der Waals surface area contributed by atoms with Crippen LogP contribution in [0.5, 0.6) is 11.5 Å². The van der Waals surface area contributed by atoms with Gasteiger partial charge in [0.05, 0.1) is 0 Å². The predicted octanol–water partition coefficient (Wildman–Crippen LogP) is 3.24. The summed E-state index contributed by atoms with van der Waals surface area (Å²) in [7, 11) is 0. The van der Waals surface area contributed by atoms with Gasteiger partial charge in [0.2, 0.25) is 0 Å². The number of hydrogen-bond donors (Lipinski definition) is 0. The first-order chi connectivity index (χ1) is 7.41. The Kier molecular flexibility index (Phi) is 3.55. The van der Waals surface area contributed by atoms with Crippen molar-refractivity contribution >= 4 is 12.4 Å². The van der Waals surface area contributed by atoms with Crippen LogP contribution in [-0.2, 0) is 0 Å². The average Bonchev–Trinajstić information content (AvgIpc) is 2.16. The van der Waals surface area contributed by atoms with Crippen molar-refractivity contribution in [3.05, 3.63) is 23.3 Å². The van der Waals surface area contributed by atoms with Gasteiger partial charge in [0.25, 0.3) is 0 Å². The molecule has 86 valence electrons. The largest absolute Gasteiger partial charge is 0.500 e. The fourth-order valence-corrected chi connectivity index (χ4v) is 1.17. The molecule has 0 N–H and O–H groups in total. The van der Waals surface area contributed by atoms with Gasteiger partial charge in [-0.05, 0) is 37.1 Å². The molecule has 0 aliphatic rings. The van der Waals surface area contributed by atoms with Crippen LogP contribution in [0.2, 0.25) is 0 Å². The van der Waals surface area contributed by atoms with Crippen molar-refractivity contribution in [1.29, 1.82) is 0 Å². The number of hydrogen-bond acceptors (Lipinski definition) is 4. The normalized spacial score (nSPS) is 9.75. The summed E-state index contributed by atoms with van der Waals surface area (Å²) in [5.74, 6) is -0.0210. The summed E-state index contributed by atoms with van der Waals surface area (Å²) in [4.78, 5) is 20.2. The van der Waals surface area contributed by atoms with Crippen molar-refractivity contribution in [2.45, 2.75) is 13.8 Å². The Morgan fingerprint density at radius 3 is 1.50 bits per heavy atom. The minimum absolute atomic E-state index is 0.0105. The molecule has 0 bridgehead atoms. The van der Waals surface area contributed by atoms with Crippen LogP contribution in [0.3, 0.4) is 0 Å². The van der Waals surface area contributed by atoms with E-state index in [0.29, 0.717) is 11.1 Å². The Bertz CT molecular complexity index is 402. The van der Waals surface area contributed by atoms with Gasteiger partial charge >= 0.3 is 12.4 Å². The summed E-state index contributed by atoms with van der Waals surface area (Å²) < 4.78 is 32.5. The standard InChI is InChI=1S/C10H8F2O4/c1-5-6(2)8(16-10(12)14)4-3-7(5)15-9(11)13/h3-4H,1-2H3. The zero-order chi connectivity index (χ0) is 12.3. The van der Waals surface area contributed by atoms with Crippen LogP contribution in [0.15, 0.2) is 12.1 Å². The Hall–Kier alpha value is -1.98. The predicted molar refractivity (Wildman–Crippen MR) is 50.2 cm³/mol. The highest BCUT2D eigenvalue weighted by Gasteiger charge is 2.13. The number of ether oxygens (including phenoxy) is 2. The van der Waals surface area contributed by atoms with E-state index in [1.807, 2.05) is 0 Å². The third-order valence-electron chi connectivity index (χ3n) is 2.07. The number of benzene rings is 1. The van der Waals surface area contributed by atoms with E-state index in [0.717, 1.165) is 0 Å². The molecular formula is C10H8F2O4. The highest BCUT2D eigenvalue weighted by atomic mass is 19.2. The number of carbonyl (C=O) groups is 2. The first kappa shape index (κ1) is 12.1. The molecule has 0 amide bonds. The number of halogens is 2. The van der Waals surface area contributed by atoms with E-state index in [1.54, 1.807) is 0 Å². The molecule has 1 aromatic rings. The quantitative estimate of drug-likeness (QED) is 0.732. The van der Waals surface area contributed by atoms with Gasteiger partial charge in [-0.25, -0.2) is 9.59 Å². The fraction of sp³-hybridized carbons (Fsp3) is 0.200. The molecule has 0 saturated heterocycles. The molecule has 0 aliphatic carbocycles. The summed E-state index contributed by atoms with van der Waals surface area (Å²) in [6.07, 6.45) is -3.89. The third kappa shape index (κ3) is 2.75. The fourth-order valence-electron chi connectivity index (χ4n) is 1.17. The minimum Gasteiger partial charge on any atom is -0.401 e. The van der Waals surface area contributed by atoms with Crippen molar-refractivity contribution in [3.63, 3.8) is 0 Å². The lowest BCUT2D eigenvalue weighted by atomic mass is 10.1. The lowest BCUT2D eigenvalue weighted by molar-refractivity contribution is 0.172.